The van der Waals surface area contributed by atoms with E-state index in [1.54, 1.807) is 11.0 Å². The number of aromatic nitrogens is 3. The molecule has 1 aromatic carbocycles. The minimum Gasteiger partial charge on any atom is -0.352 e. The number of carbonyl (C=O) groups excluding carboxylic acids is 1. The Labute approximate surface area is 124 Å². The van der Waals surface area contributed by atoms with Gasteiger partial charge < -0.3 is 10.6 Å². The molecule has 2 N–H and O–H groups in total. The number of benzene rings is 1. The molecule has 6 heteroatoms. The average molecular weight is 287 g/mol. The van der Waals surface area contributed by atoms with Gasteiger partial charge in [-0.15, -0.1) is 0 Å². The maximum Gasteiger partial charge on any atom is 0.224 e. The average Bonchev–Trinajstić information content (AvgIpc) is 2.99. The van der Waals surface area contributed by atoms with Crippen molar-refractivity contribution in [3.8, 4) is 0 Å². The zero-order valence-electron chi connectivity index (χ0n) is 12.4. The van der Waals surface area contributed by atoms with E-state index in [9.17, 15) is 4.79 Å². The van der Waals surface area contributed by atoms with Crippen LogP contribution >= 0.6 is 0 Å². The lowest BCUT2D eigenvalue weighted by Crippen LogP contribution is -2.34. The van der Waals surface area contributed by atoms with Gasteiger partial charge in [0.2, 0.25) is 5.91 Å². The predicted molar refractivity (Wildman–Crippen MR) is 80.5 cm³/mol. The molecule has 1 unspecified atom stereocenters. The first-order valence-corrected chi connectivity index (χ1v) is 7.02. The van der Waals surface area contributed by atoms with E-state index in [1.165, 1.54) is 6.33 Å². The molecule has 0 fully saturated rings. The molecule has 112 valence electrons. The van der Waals surface area contributed by atoms with E-state index >= 15 is 0 Å². The Bertz CT molecular complexity index is 567. The van der Waals surface area contributed by atoms with E-state index < -0.39 is 0 Å². The molecule has 2 aromatic rings. The summed E-state index contributed by atoms with van der Waals surface area (Å²) in [5, 5.41) is 10.1. The summed E-state index contributed by atoms with van der Waals surface area (Å²) in [6.45, 7) is 3.76. The molecule has 0 aliphatic rings. The molecular formula is C15H21N5O. The van der Waals surface area contributed by atoms with Crippen molar-refractivity contribution in [1.29, 1.82) is 0 Å². The summed E-state index contributed by atoms with van der Waals surface area (Å²) in [4.78, 5) is 15.9. The van der Waals surface area contributed by atoms with Crippen molar-refractivity contribution >= 4 is 5.91 Å². The SMILES string of the molecule is CNCC(C)C(=O)NCc1ccccc1Cn1cncn1. The van der Waals surface area contributed by atoms with Gasteiger partial charge in [-0.05, 0) is 18.2 Å². The van der Waals surface area contributed by atoms with E-state index in [2.05, 4.69) is 20.7 Å². The fourth-order valence-electron chi connectivity index (χ4n) is 2.13. The Morgan fingerprint density at radius 3 is 2.76 bits per heavy atom. The summed E-state index contributed by atoms with van der Waals surface area (Å²) in [7, 11) is 1.84. The van der Waals surface area contributed by atoms with Crippen LogP contribution in [0.15, 0.2) is 36.9 Å². The number of hydrogen-bond donors (Lipinski definition) is 2. The fourth-order valence-corrected chi connectivity index (χ4v) is 2.13. The van der Waals surface area contributed by atoms with Gasteiger partial charge in [0.1, 0.15) is 12.7 Å². The van der Waals surface area contributed by atoms with Crippen LogP contribution in [-0.2, 0) is 17.9 Å². The van der Waals surface area contributed by atoms with Gasteiger partial charge in [-0.1, -0.05) is 31.2 Å². The first-order chi connectivity index (χ1) is 10.2. The number of hydrogen-bond acceptors (Lipinski definition) is 4. The largest absolute Gasteiger partial charge is 0.352 e. The molecule has 0 radical (unpaired) electrons. The highest BCUT2D eigenvalue weighted by atomic mass is 16.1. The third-order valence-electron chi connectivity index (χ3n) is 3.33. The Kier molecular flexibility index (Phi) is 5.45. The first kappa shape index (κ1) is 15.2. The smallest absolute Gasteiger partial charge is 0.224 e. The molecule has 1 heterocycles. The van der Waals surface area contributed by atoms with E-state index in [1.807, 2.05) is 38.2 Å². The summed E-state index contributed by atoms with van der Waals surface area (Å²) in [5.74, 6) is 0.0115. The minimum absolute atomic E-state index is 0.0440. The van der Waals surface area contributed by atoms with E-state index in [0.29, 0.717) is 19.6 Å². The summed E-state index contributed by atoms with van der Waals surface area (Å²) in [6, 6.07) is 8.03. The van der Waals surface area contributed by atoms with Gasteiger partial charge in [-0.2, -0.15) is 5.10 Å². The molecule has 1 amide bonds. The van der Waals surface area contributed by atoms with Crippen LogP contribution in [0.2, 0.25) is 0 Å². The zero-order valence-corrected chi connectivity index (χ0v) is 12.4. The first-order valence-electron chi connectivity index (χ1n) is 7.02. The third-order valence-corrected chi connectivity index (χ3v) is 3.33. The number of nitrogens with zero attached hydrogens (tertiary/aromatic N) is 3. The van der Waals surface area contributed by atoms with Gasteiger partial charge in [0.05, 0.1) is 6.54 Å². The molecule has 1 aromatic heterocycles. The van der Waals surface area contributed by atoms with Gasteiger partial charge >= 0.3 is 0 Å². The molecule has 2 rings (SSSR count). The monoisotopic (exact) mass is 287 g/mol. The van der Waals surface area contributed by atoms with Crippen molar-refractivity contribution in [2.75, 3.05) is 13.6 Å². The van der Waals surface area contributed by atoms with E-state index in [4.69, 9.17) is 0 Å². The summed E-state index contributed by atoms with van der Waals surface area (Å²) >= 11 is 0. The van der Waals surface area contributed by atoms with Crippen molar-refractivity contribution < 1.29 is 4.79 Å². The van der Waals surface area contributed by atoms with Crippen molar-refractivity contribution in [3.05, 3.63) is 48.0 Å². The summed E-state index contributed by atoms with van der Waals surface area (Å²) in [6.07, 6.45) is 3.20. The predicted octanol–water partition coefficient (Wildman–Crippen LogP) is 0.798. The fraction of sp³-hybridized carbons (Fsp3) is 0.400. The molecule has 0 bridgehead atoms. The van der Waals surface area contributed by atoms with Crippen LogP contribution in [0.5, 0.6) is 0 Å². The summed E-state index contributed by atoms with van der Waals surface area (Å²) < 4.78 is 1.77. The van der Waals surface area contributed by atoms with Crippen molar-refractivity contribution in [2.24, 2.45) is 5.92 Å². The van der Waals surface area contributed by atoms with Crippen LogP contribution in [0.25, 0.3) is 0 Å². The maximum atomic E-state index is 12.0. The molecule has 0 aliphatic carbocycles. The number of amides is 1. The second kappa shape index (κ2) is 7.54. The Morgan fingerprint density at radius 1 is 1.33 bits per heavy atom. The van der Waals surface area contributed by atoms with Gasteiger partial charge in [-0.3, -0.25) is 4.79 Å². The molecule has 0 spiro atoms. The van der Waals surface area contributed by atoms with Crippen molar-refractivity contribution in [3.63, 3.8) is 0 Å². The molecule has 21 heavy (non-hydrogen) atoms. The maximum absolute atomic E-state index is 12.0. The number of carbonyl (C=O) groups is 1. The van der Waals surface area contributed by atoms with Crippen LogP contribution in [0.3, 0.4) is 0 Å². The molecular weight excluding hydrogens is 266 g/mol. The highest BCUT2D eigenvalue weighted by Crippen LogP contribution is 2.10. The number of nitrogens with one attached hydrogen (secondary N) is 2. The topological polar surface area (TPSA) is 71.8 Å². The van der Waals surface area contributed by atoms with Crippen molar-refractivity contribution in [2.45, 2.75) is 20.0 Å². The third kappa shape index (κ3) is 4.39. The summed E-state index contributed by atoms with van der Waals surface area (Å²) in [5.41, 5.74) is 2.22. The Hall–Kier alpha value is -2.21. The normalized spacial score (nSPS) is 12.1. The van der Waals surface area contributed by atoms with Crippen molar-refractivity contribution in [1.82, 2.24) is 25.4 Å². The van der Waals surface area contributed by atoms with Crippen LogP contribution in [0.1, 0.15) is 18.1 Å². The molecule has 0 aliphatic heterocycles. The van der Waals surface area contributed by atoms with Crippen LogP contribution in [0.4, 0.5) is 0 Å². The lowest BCUT2D eigenvalue weighted by Gasteiger charge is -2.14. The van der Waals surface area contributed by atoms with Gasteiger partial charge in [0.15, 0.2) is 0 Å². The second-order valence-corrected chi connectivity index (χ2v) is 5.04. The zero-order chi connectivity index (χ0) is 15.1. The van der Waals surface area contributed by atoms with Crippen LogP contribution < -0.4 is 10.6 Å². The van der Waals surface area contributed by atoms with Crippen LogP contribution in [0, 0.1) is 5.92 Å². The highest BCUT2D eigenvalue weighted by Gasteiger charge is 2.12. The molecule has 0 saturated carbocycles. The Morgan fingerprint density at radius 2 is 2.10 bits per heavy atom. The molecule has 1 atom stereocenters. The van der Waals surface area contributed by atoms with E-state index in [0.717, 1.165) is 11.1 Å². The van der Waals surface area contributed by atoms with E-state index in [-0.39, 0.29) is 11.8 Å². The lowest BCUT2D eigenvalue weighted by atomic mass is 10.1. The van der Waals surface area contributed by atoms with Gasteiger partial charge in [-0.25, -0.2) is 9.67 Å². The van der Waals surface area contributed by atoms with Gasteiger partial charge in [0, 0.05) is 19.0 Å². The van der Waals surface area contributed by atoms with Crippen LogP contribution in [-0.4, -0.2) is 34.3 Å². The second-order valence-electron chi connectivity index (χ2n) is 5.04. The van der Waals surface area contributed by atoms with Gasteiger partial charge in [0.25, 0.3) is 0 Å². The molecule has 6 nitrogen and oxygen atoms in total. The quantitative estimate of drug-likeness (QED) is 0.790. The Balaban J connectivity index is 1.98. The number of rotatable bonds is 7. The minimum atomic E-state index is -0.0440. The standard InChI is InChI=1S/C15H21N5O/c1-12(7-16-2)15(21)18-8-13-5-3-4-6-14(13)9-20-11-17-10-19-20/h3-6,10-12,16H,7-9H2,1-2H3,(H,18,21). The lowest BCUT2D eigenvalue weighted by molar-refractivity contribution is -0.124. The molecule has 0 saturated heterocycles. The highest BCUT2D eigenvalue weighted by molar-refractivity contribution is 5.78.